The van der Waals surface area contributed by atoms with Gasteiger partial charge < -0.3 is 14.1 Å². The van der Waals surface area contributed by atoms with E-state index in [2.05, 4.69) is 34.9 Å². The molecule has 0 radical (unpaired) electrons. The minimum atomic E-state index is -1.24. The standard InChI is InChI=1S/C28H16N2O3/c29-16-18(28(31)32)15-17-9-11-19(12-10-17)30-23-7-3-1-6-22(23)26-24(30)14-13-21-20-5-2-4-8-25(20)33-27(21)26/h1-15H,(H,31,32). The first-order valence-electron chi connectivity index (χ1n) is 10.4. The van der Waals surface area contributed by atoms with Gasteiger partial charge in [0.25, 0.3) is 0 Å². The second-order valence-corrected chi connectivity index (χ2v) is 7.85. The summed E-state index contributed by atoms with van der Waals surface area (Å²) in [4.78, 5) is 11.1. The van der Waals surface area contributed by atoms with Crippen LogP contribution in [0.5, 0.6) is 0 Å². The Bertz CT molecular complexity index is 1790. The molecule has 5 nitrogen and oxygen atoms in total. The number of carboxylic acids is 1. The fraction of sp³-hybridized carbons (Fsp3) is 0. The molecule has 33 heavy (non-hydrogen) atoms. The van der Waals surface area contributed by atoms with E-state index in [1.165, 1.54) is 6.08 Å². The number of aliphatic carboxylic acids is 1. The molecule has 0 saturated heterocycles. The average Bonchev–Trinajstić information content (AvgIpc) is 3.38. The average molecular weight is 428 g/mol. The number of nitrogens with zero attached hydrogens (tertiary/aromatic N) is 2. The molecule has 0 fully saturated rings. The van der Waals surface area contributed by atoms with Gasteiger partial charge in [-0.3, -0.25) is 0 Å². The lowest BCUT2D eigenvalue weighted by Gasteiger charge is -2.08. The van der Waals surface area contributed by atoms with Crippen molar-refractivity contribution in [3.05, 3.63) is 96.1 Å². The number of hydrogen-bond donors (Lipinski definition) is 1. The molecule has 0 atom stereocenters. The molecule has 5 heteroatoms. The molecule has 0 aliphatic carbocycles. The first-order chi connectivity index (χ1) is 16.2. The van der Waals surface area contributed by atoms with E-state index in [0.29, 0.717) is 5.56 Å². The number of benzene rings is 4. The summed E-state index contributed by atoms with van der Waals surface area (Å²) < 4.78 is 8.49. The van der Waals surface area contributed by atoms with Gasteiger partial charge >= 0.3 is 5.97 Å². The first-order valence-corrected chi connectivity index (χ1v) is 10.4. The molecular weight excluding hydrogens is 412 g/mol. The van der Waals surface area contributed by atoms with Gasteiger partial charge in [0.15, 0.2) is 0 Å². The van der Waals surface area contributed by atoms with E-state index in [1.807, 2.05) is 54.6 Å². The van der Waals surface area contributed by atoms with E-state index in [9.17, 15) is 4.79 Å². The van der Waals surface area contributed by atoms with Crippen LogP contribution in [0.4, 0.5) is 0 Å². The van der Waals surface area contributed by atoms with Gasteiger partial charge in [-0.1, -0.05) is 48.5 Å². The van der Waals surface area contributed by atoms with Crippen molar-refractivity contribution in [2.75, 3.05) is 0 Å². The molecule has 156 valence electrons. The van der Waals surface area contributed by atoms with Crippen molar-refractivity contribution in [1.82, 2.24) is 4.57 Å². The monoisotopic (exact) mass is 428 g/mol. The van der Waals surface area contributed by atoms with Crippen molar-refractivity contribution >= 4 is 55.8 Å². The topological polar surface area (TPSA) is 79.2 Å². The summed E-state index contributed by atoms with van der Waals surface area (Å²) in [5.74, 6) is -1.24. The lowest BCUT2D eigenvalue weighted by molar-refractivity contribution is -0.132. The molecule has 6 aromatic rings. The van der Waals surface area contributed by atoms with Crippen molar-refractivity contribution in [1.29, 1.82) is 5.26 Å². The Kier molecular flexibility index (Phi) is 4.08. The molecule has 0 unspecified atom stereocenters. The highest BCUT2D eigenvalue weighted by atomic mass is 16.4. The second kappa shape index (κ2) is 7.11. The van der Waals surface area contributed by atoms with E-state index in [-0.39, 0.29) is 5.57 Å². The number of nitriles is 1. The van der Waals surface area contributed by atoms with Crippen molar-refractivity contribution < 1.29 is 14.3 Å². The number of hydrogen-bond acceptors (Lipinski definition) is 3. The minimum Gasteiger partial charge on any atom is -0.477 e. The summed E-state index contributed by atoms with van der Waals surface area (Å²) in [6, 6.07) is 29.7. The maximum absolute atomic E-state index is 11.1. The molecule has 0 aliphatic heterocycles. The SMILES string of the molecule is N#CC(=Cc1ccc(-n2c3ccccc3c3c4oc5ccccc5c4ccc32)cc1)C(=O)O. The molecule has 6 rings (SSSR count). The van der Waals surface area contributed by atoms with Crippen molar-refractivity contribution in [2.24, 2.45) is 0 Å². The Morgan fingerprint density at radius 3 is 2.33 bits per heavy atom. The highest BCUT2D eigenvalue weighted by molar-refractivity contribution is 6.23. The number of rotatable bonds is 3. The highest BCUT2D eigenvalue weighted by Crippen LogP contribution is 2.40. The molecule has 4 aromatic carbocycles. The van der Waals surface area contributed by atoms with Gasteiger partial charge in [0.1, 0.15) is 22.8 Å². The van der Waals surface area contributed by atoms with Gasteiger partial charge in [0, 0.05) is 21.8 Å². The number of aromatic nitrogens is 1. The number of fused-ring (bicyclic) bond motifs is 7. The Morgan fingerprint density at radius 1 is 0.848 bits per heavy atom. The van der Waals surface area contributed by atoms with Crippen molar-refractivity contribution in [3.63, 3.8) is 0 Å². The van der Waals surface area contributed by atoms with Crippen LogP contribution >= 0.6 is 0 Å². The molecule has 0 saturated carbocycles. The van der Waals surface area contributed by atoms with Crippen LogP contribution < -0.4 is 0 Å². The Hall–Kier alpha value is -4.82. The normalized spacial score (nSPS) is 12.0. The van der Waals surface area contributed by atoms with E-state index >= 15 is 0 Å². The maximum atomic E-state index is 11.1. The molecule has 0 amide bonds. The van der Waals surface area contributed by atoms with Crippen LogP contribution in [0.25, 0.3) is 55.5 Å². The summed E-state index contributed by atoms with van der Waals surface area (Å²) in [7, 11) is 0. The van der Waals surface area contributed by atoms with Gasteiger partial charge in [-0.15, -0.1) is 0 Å². The van der Waals surface area contributed by atoms with Crippen LogP contribution in [-0.2, 0) is 4.79 Å². The van der Waals surface area contributed by atoms with Crippen LogP contribution in [0.3, 0.4) is 0 Å². The van der Waals surface area contributed by atoms with Crippen molar-refractivity contribution in [2.45, 2.75) is 0 Å². The van der Waals surface area contributed by atoms with Crippen LogP contribution in [0, 0.1) is 11.3 Å². The van der Waals surface area contributed by atoms with Crippen LogP contribution in [0.2, 0.25) is 0 Å². The fourth-order valence-corrected chi connectivity index (χ4v) is 4.54. The molecule has 0 spiro atoms. The Morgan fingerprint density at radius 2 is 1.58 bits per heavy atom. The Labute approximate surface area is 188 Å². The maximum Gasteiger partial charge on any atom is 0.346 e. The number of furan rings is 1. The van der Waals surface area contributed by atoms with E-state index in [1.54, 1.807) is 6.07 Å². The van der Waals surface area contributed by atoms with Gasteiger partial charge in [-0.05, 0) is 48.0 Å². The minimum absolute atomic E-state index is 0.299. The molecule has 0 bridgehead atoms. The summed E-state index contributed by atoms with van der Waals surface area (Å²) in [5.41, 5.74) is 5.08. The predicted octanol–water partition coefficient (Wildman–Crippen LogP) is 6.67. The number of carboxylic acid groups (broad SMARTS) is 1. The zero-order valence-electron chi connectivity index (χ0n) is 17.3. The third-order valence-corrected chi connectivity index (χ3v) is 5.99. The largest absolute Gasteiger partial charge is 0.477 e. The van der Waals surface area contributed by atoms with E-state index in [4.69, 9.17) is 14.8 Å². The molecular formula is C28H16N2O3. The third-order valence-electron chi connectivity index (χ3n) is 5.99. The van der Waals surface area contributed by atoms with Crippen LogP contribution in [0.1, 0.15) is 5.56 Å². The second-order valence-electron chi connectivity index (χ2n) is 7.85. The zero-order chi connectivity index (χ0) is 22.5. The van der Waals surface area contributed by atoms with E-state index < -0.39 is 5.97 Å². The number of para-hydroxylation sites is 2. The molecule has 1 N–H and O–H groups in total. The van der Waals surface area contributed by atoms with Crippen LogP contribution in [0.15, 0.2) is 94.9 Å². The lowest BCUT2D eigenvalue weighted by atomic mass is 10.1. The molecule has 2 heterocycles. The summed E-state index contributed by atoms with van der Waals surface area (Å²) in [5, 5.41) is 22.5. The van der Waals surface area contributed by atoms with Crippen molar-refractivity contribution in [3.8, 4) is 11.8 Å². The van der Waals surface area contributed by atoms with Gasteiger partial charge in [-0.25, -0.2) is 4.79 Å². The number of carbonyl (C=O) groups is 1. The summed E-state index contributed by atoms with van der Waals surface area (Å²) >= 11 is 0. The Balaban J connectivity index is 1.62. The summed E-state index contributed by atoms with van der Waals surface area (Å²) in [6.07, 6.45) is 1.37. The van der Waals surface area contributed by atoms with Gasteiger partial charge in [0.05, 0.1) is 16.4 Å². The highest BCUT2D eigenvalue weighted by Gasteiger charge is 2.18. The van der Waals surface area contributed by atoms with Gasteiger partial charge in [0.2, 0.25) is 0 Å². The fourth-order valence-electron chi connectivity index (χ4n) is 4.54. The first kappa shape index (κ1) is 18.9. The smallest absolute Gasteiger partial charge is 0.346 e. The third kappa shape index (κ3) is 2.82. The van der Waals surface area contributed by atoms with E-state index in [0.717, 1.165) is 49.4 Å². The summed E-state index contributed by atoms with van der Waals surface area (Å²) in [6.45, 7) is 0. The predicted molar refractivity (Wildman–Crippen MR) is 129 cm³/mol. The quantitative estimate of drug-likeness (QED) is 0.252. The lowest BCUT2D eigenvalue weighted by Crippen LogP contribution is -1.97. The van der Waals surface area contributed by atoms with Crippen LogP contribution in [-0.4, -0.2) is 15.6 Å². The zero-order valence-corrected chi connectivity index (χ0v) is 17.3. The molecule has 0 aliphatic rings. The van der Waals surface area contributed by atoms with Gasteiger partial charge in [-0.2, -0.15) is 5.26 Å². The molecule has 2 aromatic heterocycles.